The maximum Gasteiger partial charge on any atom is 0.573 e. The molecular weight excluding hydrogens is 353 g/mol. The zero-order chi connectivity index (χ0) is 19.2. The molecule has 0 bridgehead atoms. The van der Waals surface area contributed by atoms with Crippen LogP contribution in [0.3, 0.4) is 0 Å². The molecule has 0 fully saturated rings. The molecule has 26 heavy (non-hydrogen) atoms. The summed E-state index contributed by atoms with van der Waals surface area (Å²) in [5.41, 5.74) is 1.01. The minimum Gasteiger partial charge on any atom is -0.495 e. The van der Waals surface area contributed by atoms with Crippen LogP contribution >= 0.6 is 0 Å². The Morgan fingerprint density at radius 1 is 1.15 bits per heavy atom. The summed E-state index contributed by atoms with van der Waals surface area (Å²) in [6, 6.07) is 9.48. The molecule has 0 heterocycles. The second-order valence-corrected chi connectivity index (χ2v) is 4.96. The Labute approximate surface area is 147 Å². The third-order valence-electron chi connectivity index (χ3n) is 3.09. The van der Waals surface area contributed by atoms with E-state index in [2.05, 4.69) is 10.1 Å². The molecule has 0 atom stereocenters. The summed E-state index contributed by atoms with van der Waals surface area (Å²) < 4.78 is 50.3. The molecule has 9 heteroatoms. The maximum absolute atomic E-state index is 12.1. The highest BCUT2D eigenvalue weighted by Gasteiger charge is 2.30. The smallest absolute Gasteiger partial charge is 0.495 e. The number of carbonyl (C=O) groups excluding carboxylic acids is 1. The molecular formula is C17H15F3N2O4. The molecule has 2 rings (SSSR count). The van der Waals surface area contributed by atoms with Crippen LogP contribution in [0.2, 0.25) is 0 Å². The van der Waals surface area contributed by atoms with Gasteiger partial charge in [0.2, 0.25) is 0 Å². The van der Waals surface area contributed by atoms with E-state index >= 15 is 0 Å². The van der Waals surface area contributed by atoms with Crippen LogP contribution in [0, 0.1) is 5.41 Å². The van der Waals surface area contributed by atoms with Gasteiger partial charge in [0.15, 0.2) is 6.61 Å². The Hall–Kier alpha value is -3.23. The number of halogens is 3. The minimum atomic E-state index is -4.77. The van der Waals surface area contributed by atoms with Crippen LogP contribution in [0.1, 0.15) is 5.56 Å². The summed E-state index contributed by atoms with van der Waals surface area (Å²) in [6.07, 6.45) is -3.63. The van der Waals surface area contributed by atoms with Crippen molar-refractivity contribution in [3.63, 3.8) is 0 Å². The van der Waals surface area contributed by atoms with Crippen molar-refractivity contribution in [1.29, 1.82) is 5.41 Å². The fourth-order valence-corrected chi connectivity index (χ4v) is 1.97. The number of carbonyl (C=O) groups is 1. The lowest BCUT2D eigenvalue weighted by Gasteiger charge is -2.12. The van der Waals surface area contributed by atoms with Crippen LogP contribution in [0.5, 0.6) is 17.2 Å². The molecule has 2 aromatic carbocycles. The number of rotatable bonds is 7. The first-order valence-electron chi connectivity index (χ1n) is 7.27. The lowest BCUT2D eigenvalue weighted by molar-refractivity contribution is -0.274. The van der Waals surface area contributed by atoms with Crippen LogP contribution in [0.25, 0.3) is 0 Å². The van der Waals surface area contributed by atoms with Gasteiger partial charge in [-0.25, -0.2) is 0 Å². The summed E-state index contributed by atoms with van der Waals surface area (Å²) in [4.78, 5) is 12.0. The summed E-state index contributed by atoms with van der Waals surface area (Å²) in [5.74, 6) is -0.277. The van der Waals surface area contributed by atoms with Crippen molar-refractivity contribution < 1.29 is 32.2 Å². The number of benzene rings is 2. The van der Waals surface area contributed by atoms with Crippen molar-refractivity contribution in [2.75, 3.05) is 19.0 Å². The van der Waals surface area contributed by atoms with Gasteiger partial charge in [0.1, 0.15) is 17.2 Å². The van der Waals surface area contributed by atoms with Gasteiger partial charge in [-0.05, 0) is 42.0 Å². The fraction of sp³-hybridized carbons (Fsp3) is 0.176. The maximum atomic E-state index is 12.1. The molecule has 2 N–H and O–H groups in total. The Kier molecular flexibility index (Phi) is 6.05. The number of amides is 1. The SMILES string of the molecule is COc1cc(C=N)ccc1NC(=O)COc1ccc(OC(F)(F)F)cc1. The van der Waals surface area contributed by atoms with E-state index in [9.17, 15) is 18.0 Å². The van der Waals surface area contributed by atoms with E-state index in [1.54, 1.807) is 18.2 Å². The van der Waals surface area contributed by atoms with Crippen LogP contribution < -0.4 is 19.5 Å². The Bertz CT molecular complexity index is 777. The van der Waals surface area contributed by atoms with E-state index in [4.69, 9.17) is 14.9 Å². The molecule has 0 aromatic heterocycles. The van der Waals surface area contributed by atoms with Gasteiger partial charge in [0.25, 0.3) is 5.91 Å². The Balaban J connectivity index is 1.92. The van der Waals surface area contributed by atoms with Crippen molar-refractivity contribution >= 4 is 17.8 Å². The Morgan fingerprint density at radius 3 is 2.38 bits per heavy atom. The molecule has 0 aliphatic rings. The van der Waals surface area contributed by atoms with Crippen molar-refractivity contribution in [3.05, 3.63) is 48.0 Å². The number of anilines is 1. The molecule has 2 aromatic rings. The number of alkyl halides is 3. The molecule has 1 amide bonds. The van der Waals surface area contributed by atoms with E-state index in [-0.39, 0.29) is 18.1 Å². The van der Waals surface area contributed by atoms with E-state index < -0.39 is 12.3 Å². The topological polar surface area (TPSA) is 80.6 Å². The second kappa shape index (κ2) is 8.24. The molecule has 0 aliphatic heterocycles. The number of hydrogen-bond donors (Lipinski definition) is 2. The van der Waals surface area contributed by atoms with Gasteiger partial charge in [-0.3, -0.25) is 4.79 Å². The average molecular weight is 368 g/mol. The summed E-state index contributed by atoms with van der Waals surface area (Å²) in [5, 5.41) is 9.78. The normalized spacial score (nSPS) is 10.8. The predicted octanol–water partition coefficient (Wildman–Crippen LogP) is 3.61. The van der Waals surface area contributed by atoms with Gasteiger partial charge in [-0.2, -0.15) is 0 Å². The Morgan fingerprint density at radius 2 is 1.81 bits per heavy atom. The molecule has 0 saturated heterocycles. The van der Waals surface area contributed by atoms with Gasteiger partial charge < -0.3 is 24.9 Å². The zero-order valence-corrected chi connectivity index (χ0v) is 13.6. The van der Waals surface area contributed by atoms with Gasteiger partial charge in [0, 0.05) is 6.21 Å². The first-order valence-corrected chi connectivity index (χ1v) is 7.27. The number of methoxy groups -OCH3 is 1. The van der Waals surface area contributed by atoms with Crippen molar-refractivity contribution in [2.45, 2.75) is 6.36 Å². The van der Waals surface area contributed by atoms with Crippen LogP contribution in [0.15, 0.2) is 42.5 Å². The molecule has 0 unspecified atom stereocenters. The van der Waals surface area contributed by atoms with E-state index in [1.807, 2.05) is 0 Å². The van der Waals surface area contributed by atoms with Crippen LogP contribution in [-0.2, 0) is 4.79 Å². The van der Waals surface area contributed by atoms with Crippen molar-refractivity contribution in [1.82, 2.24) is 0 Å². The molecule has 0 saturated carbocycles. The summed E-state index contributed by atoms with van der Waals surface area (Å²) in [6.45, 7) is -0.352. The predicted molar refractivity (Wildman–Crippen MR) is 88.1 cm³/mol. The molecule has 0 radical (unpaired) electrons. The number of ether oxygens (including phenoxy) is 3. The largest absolute Gasteiger partial charge is 0.573 e. The molecule has 0 spiro atoms. The lowest BCUT2D eigenvalue weighted by Crippen LogP contribution is -2.20. The summed E-state index contributed by atoms with van der Waals surface area (Å²) in [7, 11) is 1.43. The number of hydrogen-bond acceptors (Lipinski definition) is 5. The zero-order valence-electron chi connectivity index (χ0n) is 13.6. The van der Waals surface area contributed by atoms with E-state index in [1.165, 1.54) is 19.2 Å². The quantitative estimate of drug-likeness (QED) is 0.732. The first kappa shape index (κ1) is 19.1. The monoisotopic (exact) mass is 368 g/mol. The highest BCUT2D eigenvalue weighted by molar-refractivity contribution is 5.94. The molecule has 138 valence electrons. The molecule has 6 nitrogen and oxygen atoms in total. The van der Waals surface area contributed by atoms with Crippen LogP contribution in [-0.4, -0.2) is 32.2 Å². The third kappa shape index (κ3) is 5.69. The minimum absolute atomic E-state index is 0.209. The fourth-order valence-electron chi connectivity index (χ4n) is 1.97. The van der Waals surface area contributed by atoms with E-state index in [0.717, 1.165) is 18.3 Å². The summed E-state index contributed by atoms with van der Waals surface area (Å²) >= 11 is 0. The van der Waals surface area contributed by atoms with E-state index in [0.29, 0.717) is 17.0 Å². The highest BCUT2D eigenvalue weighted by Crippen LogP contribution is 2.26. The van der Waals surface area contributed by atoms with Gasteiger partial charge in [-0.15, -0.1) is 13.2 Å². The second-order valence-electron chi connectivity index (χ2n) is 4.96. The average Bonchev–Trinajstić information content (AvgIpc) is 2.60. The van der Waals surface area contributed by atoms with Crippen molar-refractivity contribution in [2.24, 2.45) is 0 Å². The molecule has 0 aliphatic carbocycles. The standard InChI is InChI=1S/C17H15F3N2O4/c1-24-15-8-11(9-21)2-7-14(15)22-16(23)10-25-12-3-5-13(6-4-12)26-17(18,19)20/h2-9,21H,10H2,1H3,(H,22,23). The van der Waals surface area contributed by atoms with Crippen molar-refractivity contribution in [3.8, 4) is 17.2 Å². The van der Waals surface area contributed by atoms with Gasteiger partial charge >= 0.3 is 6.36 Å². The number of nitrogens with one attached hydrogen (secondary N) is 2. The first-order chi connectivity index (χ1) is 12.3. The van der Waals surface area contributed by atoms with Gasteiger partial charge in [0.05, 0.1) is 12.8 Å². The highest BCUT2D eigenvalue weighted by atomic mass is 19.4. The van der Waals surface area contributed by atoms with Crippen LogP contribution in [0.4, 0.5) is 18.9 Å². The third-order valence-corrected chi connectivity index (χ3v) is 3.09. The van der Waals surface area contributed by atoms with Gasteiger partial charge in [-0.1, -0.05) is 6.07 Å². The lowest BCUT2D eigenvalue weighted by atomic mass is 10.2.